The van der Waals surface area contributed by atoms with Crippen LogP contribution in [-0.4, -0.2) is 31.3 Å². The summed E-state index contributed by atoms with van der Waals surface area (Å²) >= 11 is 0. The van der Waals surface area contributed by atoms with E-state index < -0.39 is 0 Å². The highest BCUT2D eigenvalue weighted by Crippen LogP contribution is 2.09. The van der Waals surface area contributed by atoms with Gasteiger partial charge in [-0.25, -0.2) is 0 Å². The summed E-state index contributed by atoms with van der Waals surface area (Å²) < 4.78 is 0. The molecule has 0 spiro atoms. The van der Waals surface area contributed by atoms with Crippen molar-refractivity contribution in [1.82, 2.24) is 4.90 Å². The van der Waals surface area contributed by atoms with Gasteiger partial charge in [0.25, 0.3) is 0 Å². The fraction of sp³-hybridized carbons (Fsp3) is 0.650. The van der Waals surface area contributed by atoms with Crippen molar-refractivity contribution in [1.29, 1.82) is 0 Å². The van der Waals surface area contributed by atoms with Crippen molar-refractivity contribution in [3.63, 3.8) is 0 Å². The van der Waals surface area contributed by atoms with Gasteiger partial charge in [0.15, 0.2) is 5.78 Å². The van der Waals surface area contributed by atoms with Crippen LogP contribution < -0.4 is 0 Å². The molecule has 0 N–H and O–H groups in total. The molecule has 0 aromatic heterocycles. The standard InChI is InChI=1S/C14H23NO.2C3H8/c1-11(2)9-13(10-12(3)4)14(16)7-8-15(5)6;2*1-3-2/h9-10H,1,7-8H2,2-6H3;2*3H2,1-2H3/b13-9+;;. The molecule has 2 heteroatoms. The predicted molar refractivity (Wildman–Crippen MR) is 102 cm³/mol. The monoisotopic (exact) mass is 309 g/mol. The normalized spacial score (nSPS) is 10.0. The van der Waals surface area contributed by atoms with Gasteiger partial charge < -0.3 is 4.90 Å². The summed E-state index contributed by atoms with van der Waals surface area (Å²) in [7, 11) is 3.94. The third-order valence-corrected chi connectivity index (χ3v) is 1.95. The first kappa shape index (κ1) is 25.8. The summed E-state index contributed by atoms with van der Waals surface area (Å²) in [5, 5.41) is 0. The maximum Gasteiger partial charge on any atom is 0.164 e. The predicted octanol–water partition coefficient (Wildman–Crippen LogP) is 5.81. The van der Waals surface area contributed by atoms with E-state index in [0.717, 1.165) is 23.3 Å². The van der Waals surface area contributed by atoms with E-state index in [2.05, 4.69) is 34.3 Å². The Balaban J connectivity index is -0.000000515. The highest BCUT2D eigenvalue weighted by molar-refractivity contribution is 5.98. The van der Waals surface area contributed by atoms with E-state index in [1.54, 1.807) is 0 Å². The van der Waals surface area contributed by atoms with Crippen LogP contribution >= 0.6 is 0 Å². The molecule has 0 saturated carbocycles. The van der Waals surface area contributed by atoms with E-state index in [1.165, 1.54) is 12.8 Å². The van der Waals surface area contributed by atoms with E-state index in [-0.39, 0.29) is 5.78 Å². The molecule has 0 saturated heterocycles. The highest BCUT2D eigenvalue weighted by Gasteiger charge is 2.07. The van der Waals surface area contributed by atoms with E-state index in [0.29, 0.717) is 6.42 Å². The lowest BCUT2D eigenvalue weighted by atomic mass is 10.0. The average Bonchev–Trinajstić information content (AvgIpc) is 2.35. The molecule has 130 valence electrons. The second-order valence-corrected chi connectivity index (χ2v) is 6.06. The summed E-state index contributed by atoms with van der Waals surface area (Å²) in [4.78, 5) is 14.0. The number of carbonyl (C=O) groups is 1. The van der Waals surface area contributed by atoms with E-state index in [1.807, 2.05) is 51.9 Å². The molecule has 0 heterocycles. The maximum absolute atomic E-state index is 11.9. The average molecular weight is 310 g/mol. The second kappa shape index (κ2) is 17.9. The van der Waals surface area contributed by atoms with Crippen molar-refractivity contribution < 1.29 is 4.79 Å². The molecule has 0 rings (SSSR count). The largest absolute Gasteiger partial charge is 0.309 e. The van der Waals surface area contributed by atoms with Gasteiger partial charge in [-0.15, -0.1) is 0 Å². The molecule has 2 nitrogen and oxygen atoms in total. The first-order chi connectivity index (χ1) is 10.2. The number of carbonyl (C=O) groups excluding carboxylic acids is 1. The fourth-order valence-electron chi connectivity index (χ4n) is 1.25. The van der Waals surface area contributed by atoms with Gasteiger partial charge in [-0.2, -0.15) is 0 Å². The Bertz CT molecular complexity index is 343. The van der Waals surface area contributed by atoms with Gasteiger partial charge in [-0.1, -0.05) is 64.3 Å². The quantitative estimate of drug-likeness (QED) is 0.456. The molecule has 0 aliphatic carbocycles. The molecule has 0 bridgehead atoms. The lowest BCUT2D eigenvalue weighted by Crippen LogP contribution is -2.17. The molecular formula is C20H39NO. The molecule has 0 amide bonds. The van der Waals surface area contributed by atoms with Crippen LogP contribution in [-0.2, 0) is 4.79 Å². The van der Waals surface area contributed by atoms with Gasteiger partial charge in [0, 0.05) is 18.5 Å². The number of ketones is 1. The van der Waals surface area contributed by atoms with E-state index in [9.17, 15) is 4.79 Å². The molecule has 0 aliphatic heterocycles. The Morgan fingerprint density at radius 2 is 1.36 bits per heavy atom. The van der Waals surface area contributed by atoms with Gasteiger partial charge in [-0.3, -0.25) is 4.79 Å². The van der Waals surface area contributed by atoms with E-state index >= 15 is 0 Å². The summed E-state index contributed by atoms with van der Waals surface area (Å²) in [5.41, 5.74) is 2.80. The number of hydrogen-bond donors (Lipinski definition) is 0. The molecule has 0 radical (unpaired) electrons. The molecule has 0 aromatic rings. The van der Waals surface area contributed by atoms with Crippen LogP contribution in [0.3, 0.4) is 0 Å². The summed E-state index contributed by atoms with van der Waals surface area (Å²) in [6, 6.07) is 0. The van der Waals surface area contributed by atoms with Gasteiger partial charge in [-0.05, 0) is 40.9 Å². The lowest BCUT2D eigenvalue weighted by Gasteiger charge is -2.09. The van der Waals surface area contributed by atoms with Crippen LogP contribution in [0.15, 0.2) is 35.5 Å². The van der Waals surface area contributed by atoms with Crippen LogP contribution in [0, 0.1) is 0 Å². The summed E-state index contributed by atoms with van der Waals surface area (Å²) in [6.07, 6.45) is 6.83. The molecule has 0 unspecified atom stereocenters. The number of hydrogen-bond acceptors (Lipinski definition) is 2. The smallest absolute Gasteiger partial charge is 0.164 e. The minimum Gasteiger partial charge on any atom is -0.309 e. The lowest BCUT2D eigenvalue weighted by molar-refractivity contribution is -0.115. The summed E-state index contributed by atoms with van der Waals surface area (Å²) in [5.74, 6) is 0.179. The Hall–Kier alpha value is -1.15. The molecule has 0 fully saturated rings. The van der Waals surface area contributed by atoms with Crippen LogP contribution in [0.1, 0.15) is 67.7 Å². The topological polar surface area (TPSA) is 20.3 Å². The van der Waals surface area contributed by atoms with Crippen molar-refractivity contribution in [2.24, 2.45) is 0 Å². The molecule has 0 aromatic carbocycles. The zero-order valence-electron chi connectivity index (χ0n) is 16.5. The molecular weight excluding hydrogens is 270 g/mol. The molecule has 0 atom stereocenters. The SMILES string of the molecule is C=C(C)/C=C(\C=C(C)C)C(=O)CCN(C)C.CCC.CCC. The first-order valence-electron chi connectivity index (χ1n) is 8.36. The molecule has 22 heavy (non-hydrogen) atoms. The third-order valence-electron chi connectivity index (χ3n) is 1.95. The number of rotatable bonds is 6. The Kier molecular flexibility index (Phi) is 21.0. The van der Waals surface area contributed by atoms with Crippen molar-refractivity contribution >= 4 is 5.78 Å². The Labute approximate surface area is 140 Å². The van der Waals surface area contributed by atoms with Gasteiger partial charge in [0.05, 0.1) is 0 Å². The Morgan fingerprint density at radius 1 is 0.955 bits per heavy atom. The second-order valence-electron chi connectivity index (χ2n) is 6.06. The van der Waals surface area contributed by atoms with Crippen LogP contribution in [0.4, 0.5) is 0 Å². The zero-order chi connectivity index (χ0) is 18.1. The maximum atomic E-state index is 11.9. The van der Waals surface area contributed by atoms with Crippen molar-refractivity contribution in [2.45, 2.75) is 67.7 Å². The van der Waals surface area contributed by atoms with Crippen LogP contribution in [0.5, 0.6) is 0 Å². The first-order valence-corrected chi connectivity index (χ1v) is 8.36. The van der Waals surface area contributed by atoms with Crippen molar-refractivity contribution in [3.05, 3.63) is 35.5 Å². The van der Waals surface area contributed by atoms with Gasteiger partial charge in [0.1, 0.15) is 0 Å². The highest BCUT2D eigenvalue weighted by atomic mass is 16.1. The van der Waals surface area contributed by atoms with Crippen LogP contribution in [0.25, 0.3) is 0 Å². The van der Waals surface area contributed by atoms with Gasteiger partial charge >= 0.3 is 0 Å². The minimum atomic E-state index is 0.179. The Morgan fingerprint density at radius 3 is 1.64 bits per heavy atom. The number of Topliss-reactive ketones (excluding diaryl/α,β-unsaturated/α-hetero) is 1. The summed E-state index contributed by atoms with van der Waals surface area (Å²) in [6.45, 7) is 19.0. The molecule has 0 aliphatic rings. The number of allylic oxidation sites excluding steroid dienone is 5. The van der Waals surface area contributed by atoms with Crippen molar-refractivity contribution in [3.8, 4) is 0 Å². The van der Waals surface area contributed by atoms with Crippen molar-refractivity contribution in [2.75, 3.05) is 20.6 Å². The van der Waals surface area contributed by atoms with Gasteiger partial charge in [0.2, 0.25) is 0 Å². The fourth-order valence-corrected chi connectivity index (χ4v) is 1.25. The van der Waals surface area contributed by atoms with Crippen LogP contribution in [0.2, 0.25) is 0 Å². The zero-order valence-corrected chi connectivity index (χ0v) is 16.5. The van der Waals surface area contributed by atoms with E-state index in [4.69, 9.17) is 0 Å². The third kappa shape index (κ3) is 23.9. The minimum absolute atomic E-state index is 0.179. The number of nitrogens with zero attached hydrogens (tertiary/aromatic N) is 1.